The van der Waals surface area contributed by atoms with Crippen molar-refractivity contribution in [2.45, 2.75) is 26.7 Å². The fraction of sp³-hybridized carbons (Fsp3) is 0.625. The molecule has 1 radical (unpaired) electrons. The number of hydrogen-bond acceptors (Lipinski definition) is 0. The highest BCUT2D eigenvalue weighted by atomic mass is 14.0. The van der Waals surface area contributed by atoms with E-state index in [0.29, 0.717) is 5.92 Å². The van der Waals surface area contributed by atoms with Crippen molar-refractivity contribution in [3.63, 3.8) is 0 Å². The molecular formula is C8H15. The molecule has 47 valence electrons. The van der Waals surface area contributed by atoms with Crippen molar-refractivity contribution in [1.29, 1.82) is 0 Å². The van der Waals surface area contributed by atoms with Crippen molar-refractivity contribution in [2.24, 2.45) is 5.92 Å². The zero-order chi connectivity index (χ0) is 6.57. The first-order chi connectivity index (χ1) is 3.68. The first-order valence-corrected chi connectivity index (χ1v) is 3.15. The van der Waals surface area contributed by atoms with E-state index < -0.39 is 0 Å². The van der Waals surface area contributed by atoms with Crippen molar-refractivity contribution in [2.75, 3.05) is 0 Å². The van der Waals surface area contributed by atoms with Gasteiger partial charge in [-0.25, -0.2) is 0 Å². The molecule has 0 spiro atoms. The minimum atomic E-state index is 0.636. The van der Waals surface area contributed by atoms with Gasteiger partial charge in [0, 0.05) is 0 Å². The molecular weight excluding hydrogens is 96.1 g/mol. The molecule has 0 amide bonds. The largest absolute Gasteiger partial charge is 0.0996 e. The molecule has 0 unspecified atom stereocenters. The highest BCUT2D eigenvalue weighted by molar-refractivity contribution is 4.96. The van der Waals surface area contributed by atoms with Gasteiger partial charge in [-0.15, -0.1) is 0 Å². The minimum absolute atomic E-state index is 0.636. The molecule has 0 aromatic carbocycles. The number of allylic oxidation sites excluding steroid dienone is 1. The molecule has 0 heteroatoms. The van der Waals surface area contributed by atoms with Crippen LogP contribution in [-0.2, 0) is 0 Å². The van der Waals surface area contributed by atoms with Gasteiger partial charge in [0.2, 0.25) is 0 Å². The second-order valence-electron chi connectivity index (χ2n) is 2.42. The average molecular weight is 111 g/mol. The summed E-state index contributed by atoms with van der Waals surface area (Å²) in [5.41, 5.74) is 1.32. The SMILES string of the molecule is [CH2]CCC(=C)C(C)C. The first kappa shape index (κ1) is 7.74. The summed E-state index contributed by atoms with van der Waals surface area (Å²) in [5.74, 6) is 0.636. The molecule has 0 heterocycles. The van der Waals surface area contributed by atoms with Crippen LogP contribution in [0.4, 0.5) is 0 Å². The van der Waals surface area contributed by atoms with E-state index in [9.17, 15) is 0 Å². The Morgan fingerprint density at radius 2 is 2.00 bits per heavy atom. The van der Waals surface area contributed by atoms with Crippen molar-refractivity contribution in [3.05, 3.63) is 19.1 Å². The third-order valence-electron chi connectivity index (χ3n) is 1.31. The van der Waals surface area contributed by atoms with Gasteiger partial charge in [0.1, 0.15) is 0 Å². The normalized spacial score (nSPS) is 10.0. The average Bonchev–Trinajstić information content (AvgIpc) is 1.67. The molecule has 0 nitrogen and oxygen atoms in total. The molecule has 0 saturated carbocycles. The summed E-state index contributed by atoms with van der Waals surface area (Å²) in [5, 5.41) is 0. The van der Waals surface area contributed by atoms with Crippen molar-refractivity contribution < 1.29 is 0 Å². The number of hydrogen-bond donors (Lipinski definition) is 0. The highest BCUT2D eigenvalue weighted by Gasteiger charge is 1.95. The topological polar surface area (TPSA) is 0 Å². The van der Waals surface area contributed by atoms with Gasteiger partial charge in [-0.05, 0) is 18.8 Å². The second kappa shape index (κ2) is 3.71. The molecule has 0 rings (SSSR count). The van der Waals surface area contributed by atoms with Crippen LogP contribution in [0.1, 0.15) is 26.7 Å². The summed E-state index contributed by atoms with van der Waals surface area (Å²) in [4.78, 5) is 0. The predicted molar refractivity (Wildman–Crippen MR) is 38.6 cm³/mol. The maximum atomic E-state index is 3.90. The van der Waals surface area contributed by atoms with Crippen LogP contribution in [0.25, 0.3) is 0 Å². The van der Waals surface area contributed by atoms with Crippen LogP contribution in [0.3, 0.4) is 0 Å². The van der Waals surface area contributed by atoms with Gasteiger partial charge < -0.3 is 0 Å². The summed E-state index contributed by atoms with van der Waals surface area (Å²) < 4.78 is 0. The van der Waals surface area contributed by atoms with Gasteiger partial charge in [0.05, 0.1) is 0 Å². The smallest absolute Gasteiger partial charge is 0.0263 e. The first-order valence-electron chi connectivity index (χ1n) is 3.15. The van der Waals surface area contributed by atoms with Crippen LogP contribution < -0.4 is 0 Å². The van der Waals surface area contributed by atoms with Gasteiger partial charge in [-0.1, -0.05) is 32.9 Å². The summed E-state index contributed by atoms with van der Waals surface area (Å²) in [7, 11) is 0. The molecule has 0 saturated heterocycles. The molecule has 0 aliphatic carbocycles. The zero-order valence-electron chi connectivity index (χ0n) is 5.91. The van der Waals surface area contributed by atoms with Gasteiger partial charge in [-0.3, -0.25) is 0 Å². The maximum absolute atomic E-state index is 3.90. The van der Waals surface area contributed by atoms with Crippen LogP contribution in [0.5, 0.6) is 0 Å². The predicted octanol–water partition coefficient (Wildman–Crippen LogP) is 2.81. The highest BCUT2D eigenvalue weighted by Crippen LogP contribution is 2.11. The molecule has 0 aromatic heterocycles. The van der Waals surface area contributed by atoms with Crippen LogP contribution >= 0.6 is 0 Å². The Morgan fingerprint density at radius 1 is 1.50 bits per heavy atom. The molecule has 0 aromatic rings. The zero-order valence-corrected chi connectivity index (χ0v) is 5.91. The van der Waals surface area contributed by atoms with Crippen LogP contribution in [-0.4, -0.2) is 0 Å². The van der Waals surface area contributed by atoms with E-state index in [1.807, 2.05) is 0 Å². The van der Waals surface area contributed by atoms with E-state index in [0.717, 1.165) is 12.8 Å². The van der Waals surface area contributed by atoms with Gasteiger partial charge in [0.15, 0.2) is 0 Å². The molecule has 0 bridgehead atoms. The molecule has 0 N–H and O–H groups in total. The summed E-state index contributed by atoms with van der Waals surface area (Å²) in [6.45, 7) is 12.0. The Balaban J connectivity index is 3.33. The van der Waals surface area contributed by atoms with E-state index in [1.54, 1.807) is 0 Å². The van der Waals surface area contributed by atoms with Crippen LogP contribution in [0.15, 0.2) is 12.2 Å². The maximum Gasteiger partial charge on any atom is -0.0263 e. The monoisotopic (exact) mass is 111 g/mol. The Morgan fingerprint density at radius 3 is 2.12 bits per heavy atom. The van der Waals surface area contributed by atoms with Crippen molar-refractivity contribution >= 4 is 0 Å². The van der Waals surface area contributed by atoms with Gasteiger partial charge in [0.25, 0.3) is 0 Å². The standard InChI is InChI=1S/C8H15/c1-5-6-8(4)7(2)3/h7H,1,4-6H2,2-3H3. The summed E-state index contributed by atoms with van der Waals surface area (Å²) in [6.07, 6.45) is 2.06. The van der Waals surface area contributed by atoms with E-state index in [4.69, 9.17) is 0 Å². The van der Waals surface area contributed by atoms with Gasteiger partial charge >= 0.3 is 0 Å². The Hall–Kier alpha value is -0.260. The molecule has 0 atom stereocenters. The van der Waals surface area contributed by atoms with E-state index in [2.05, 4.69) is 27.4 Å². The molecule has 0 aliphatic heterocycles. The van der Waals surface area contributed by atoms with E-state index >= 15 is 0 Å². The summed E-state index contributed by atoms with van der Waals surface area (Å²) in [6, 6.07) is 0. The number of rotatable bonds is 3. The fourth-order valence-corrected chi connectivity index (χ4v) is 0.516. The van der Waals surface area contributed by atoms with Crippen LogP contribution in [0, 0.1) is 12.8 Å². The molecule has 8 heavy (non-hydrogen) atoms. The lowest BCUT2D eigenvalue weighted by molar-refractivity contribution is 0.718. The van der Waals surface area contributed by atoms with Crippen molar-refractivity contribution in [3.8, 4) is 0 Å². The van der Waals surface area contributed by atoms with E-state index in [-0.39, 0.29) is 0 Å². The van der Waals surface area contributed by atoms with Gasteiger partial charge in [-0.2, -0.15) is 0 Å². The molecule has 0 fully saturated rings. The second-order valence-corrected chi connectivity index (χ2v) is 2.42. The van der Waals surface area contributed by atoms with E-state index in [1.165, 1.54) is 5.57 Å². The lowest BCUT2D eigenvalue weighted by Gasteiger charge is -2.05. The Bertz CT molecular complexity index is 70.1. The lowest BCUT2D eigenvalue weighted by Crippen LogP contribution is -1.90. The summed E-state index contributed by atoms with van der Waals surface area (Å²) >= 11 is 0. The quantitative estimate of drug-likeness (QED) is 0.491. The molecule has 0 aliphatic rings. The fourth-order valence-electron chi connectivity index (χ4n) is 0.516. The van der Waals surface area contributed by atoms with Crippen LogP contribution in [0.2, 0.25) is 0 Å². The Kier molecular flexibility index (Phi) is 3.59. The minimum Gasteiger partial charge on any atom is -0.0996 e. The third-order valence-corrected chi connectivity index (χ3v) is 1.31. The third kappa shape index (κ3) is 2.84. The van der Waals surface area contributed by atoms with Crippen molar-refractivity contribution in [1.82, 2.24) is 0 Å². The lowest BCUT2D eigenvalue weighted by atomic mass is 10.0. The Labute approximate surface area is 52.6 Å².